The average molecular weight is 609 g/mol. The molecule has 13 heteroatoms. The fourth-order valence-corrected chi connectivity index (χ4v) is 5.70. The lowest BCUT2D eigenvalue weighted by Crippen LogP contribution is -2.33. The normalized spacial score (nSPS) is 18.3. The lowest BCUT2D eigenvalue weighted by Gasteiger charge is -2.17. The molecule has 0 radical (unpaired) electrons. The number of pyridine rings is 1. The van der Waals surface area contributed by atoms with Crippen LogP contribution in [0.25, 0.3) is 32.9 Å². The number of amides is 1. The quantitative estimate of drug-likeness (QED) is 0.274. The molecule has 4 N–H and O–H groups in total. The van der Waals surface area contributed by atoms with E-state index in [1.807, 2.05) is 0 Å². The number of carbonyl (C=O) groups is 1. The molecule has 1 amide bonds. The minimum absolute atomic E-state index is 0.00969. The van der Waals surface area contributed by atoms with Gasteiger partial charge in [-0.05, 0) is 56.3 Å². The van der Waals surface area contributed by atoms with Gasteiger partial charge in [0.25, 0.3) is 0 Å². The highest BCUT2D eigenvalue weighted by Crippen LogP contribution is 2.41. The molecule has 0 spiro atoms. The highest BCUT2D eigenvalue weighted by Gasteiger charge is 2.34. The van der Waals surface area contributed by atoms with E-state index in [1.54, 1.807) is 0 Å². The Morgan fingerprint density at radius 1 is 1.20 bits per heavy atom. The first kappa shape index (κ1) is 30.6. The maximum absolute atomic E-state index is 16.0. The van der Waals surface area contributed by atoms with Crippen molar-refractivity contribution in [3.05, 3.63) is 41.5 Å². The highest BCUT2D eigenvalue weighted by atomic mass is 19.1. The number of methoxy groups -OCH3 is 2. The van der Waals surface area contributed by atoms with Gasteiger partial charge < -0.3 is 25.6 Å². The van der Waals surface area contributed by atoms with Crippen LogP contribution in [-0.4, -0.2) is 76.4 Å². The van der Waals surface area contributed by atoms with Crippen molar-refractivity contribution < 1.29 is 32.5 Å². The van der Waals surface area contributed by atoms with Gasteiger partial charge in [-0.3, -0.25) is 9.69 Å². The van der Waals surface area contributed by atoms with E-state index in [2.05, 4.69) is 31.1 Å². The molecule has 2 aromatic carbocycles. The van der Waals surface area contributed by atoms with Crippen molar-refractivity contribution in [2.24, 2.45) is 5.73 Å². The van der Waals surface area contributed by atoms with Gasteiger partial charge in [-0.2, -0.15) is 9.97 Å². The number of fused-ring (bicyclic) bond motifs is 3. The summed E-state index contributed by atoms with van der Waals surface area (Å²) in [7, 11) is 2.58. The fourth-order valence-electron chi connectivity index (χ4n) is 5.70. The summed E-state index contributed by atoms with van der Waals surface area (Å²) < 4.78 is 53.7. The van der Waals surface area contributed by atoms with Gasteiger partial charge in [0.1, 0.15) is 46.2 Å². The van der Waals surface area contributed by atoms with Crippen LogP contribution in [0.2, 0.25) is 0 Å². The molecule has 2 saturated heterocycles. The first-order valence-electron chi connectivity index (χ1n) is 13.9. The molecular weight excluding hydrogens is 577 g/mol. The van der Waals surface area contributed by atoms with Crippen LogP contribution in [0.3, 0.4) is 0 Å². The summed E-state index contributed by atoms with van der Waals surface area (Å²) in [6.07, 6.45) is 8.35. The van der Waals surface area contributed by atoms with Gasteiger partial charge >= 0.3 is 6.01 Å². The summed E-state index contributed by atoms with van der Waals surface area (Å²) in [6, 6.07) is 4.65. The van der Waals surface area contributed by atoms with Crippen molar-refractivity contribution in [3.8, 4) is 41.2 Å². The molecule has 3 unspecified atom stereocenters. The predicted molar refractivity (Wildman–Crippen MR) is 159 cm³/mol. The number of halogens is 3. The van der Waals surface area contributed by atoms with Gasteiger partial charge in [0, 0.05) is 23.5 Å². The number of nitrogens with two attached hydrogens (primary N) is 1. The van der Waals surface area contributed by atoms with Gasteiger partial charge in [-0.15, -0.1) is 6.42 Å². The van der Waals surface area contributed by atoms with Crippen molar-refractivity contribution >= 4 is 33.4 Å². The Kier molecular flexibility index (Phi) is 8.64. The van der Waals surface area contributed by atoms with Crippen LogP contribution in [-0.2, 0) is 4.79 Å². The third-order valence-corrected chi connectivity index (χ3v) is 7.80. The second-order valence-electron chi connectivity index (χ2n) is 10.6. The van der Waals surface area contributed by atoms with Crippen molar-refractivity contribution in [1.29, 1.82) is 0 Å². The number of primary amides is 1. The van der Waals surface area contributed by atoms with Gasteiger partial charge in [0.05, 0.1) is 19.8 Å². The Bertz CT molecular complexity index is 1790. The summed E-state index contributed by atoms with van der Waals surface area (Å²) in [4.78, 5) is 26.4. The molecule has 2 aliphatic heterocycles. The number of alkyl halides is 1. The van der Waals surface area contributed by atoms with Crippen molar-refractivity contribution in [1.82, 2.24) is 19.9 Å². The summed E-state index contributed by atoms with van der Waals surface area (Å²) in [5, 5.41) is 13.6. The maximum atomic E-state index is 16.0. The van der Waals surface area contributed by atoms with Gasteiger partial charge in [0.15, 0.2) is 5.82 Å². The molecule has 0 bridgehead atoms. The molecule has 2 aliphatic rings. The Morgan fingerprint density at radius 3 is 2.64 bits per heavy atom. The zero-order valence-electron chi connectivity index (χ0n) is 24.3. The Labute approximate surface area is 251 Å². The average Bonchev–Trinajstić information content (AvgIpc) is 3.58. The number of carbonyl (C=O) groups excluding carboxylic acids is 1. The van der Waals surface area contributed by atoms with Crippen LogP contribution in [0.5, 0.6) is 17.6 Å². The van der Waals surface area contributed by atoms with Crippen molar-refractivity contribution in [2.75, 3.05) is 32.6 Å². The molecule has 4 aromatic rings. The van der Waals surface area contributed by atoms with Crippen LogP contribution in [0, 0.1) is 24.0 Å². The number of hydrogen-bond acceptors (Lipinski definition) is 9. The fraction of sp³-hybridized carbons (Fsp3) is 0.355. The van der Waals surface area contributed by atoms with Gasteiger partial charge in [-0.1, -0.05) is 12.0 Å². The number of terminal acetylenes is 1. The van der Waals surface area contributed by atoms with Crippen LogP contribution >= 0.6 is 0 Å². The molecule has 2 aromatic heterocycles. The van der Waals surface area contributed by atoms with Crippen LogP contribution < -0.4 is 20.5 Å². The molecule has 6 rings (SSSR count). The van der Waals surface area contributed by atoms with Crippen LogP contribution in [0.1, 0.15) is 31.7 Å². The van der Waals surface area contributed by atoms with Crippen LogP contribution in [0.4, 0.5) is 19.0 Å². The van der Waals surface area contributed by atoms with E-state index < -0.39 is 29.8 Å². The van der Waals surface area contributed by atoms with E-state index in [0.717, 1.165) is 19.0 Å². The number of phenols is 1. The number of anilines is 1. The van der Waals surface area contributed by atoms with E-state index in [1.165, 1.54) is 52.2 Å². The zero-order valence-corrected chi connectivity index (χ0v) is 24.3. The van der Waals surface area contributed by atoms with Gasteiger partial charge in [0.2, 0.25) is 11.8 Å². The first-order valence-corrected chi connectivity index (χ1v) is 13.9. The highest BCUT2D eigenvalue weighted by molar-refractivity contribution is 6.04. The Morgan fingerprint density at radius 2 is 1.98 bits per heavy atom. The molecular formula is C31H31F3N6O4. The lowest BCUT2D eigenvalue weighted by molar-refractivity contribution is -0.118. The number of nitrogens with zero attached hydrogens (tertiary/aromatic N) is 4. The minimum atomic E-state index is -0.949. The smallest absolute Gasteiger partial charge is 0.318 e. The minimum Gasteiger partial charge on any atom is -0.508 e. The van der Waals surface area contributed by atoms with Crippen molar-refractivity contribution in [3.63, 3.8) is 0 Å². The summed E-state index contributed by atoms with van der Waals surface area (Å²) in [5.74, 6) is -0.406. The number of ether oxygens (including phenoxy) is 2. The third kappa shape index (κ3) is 5.72. The largest absolute Gasteiger partial charge is 0.508 e. The van der Waals surface area contributed by atoms with Crippen LogP contribution in [0.15, 0.2) is 24.3 Å². The molecule has 4 heterocycles. The second kappa shape index (κ2) is 12.4. The second-order valence-corrected chi connectivity index (χ2v) is 10.6. The summed E-state index contributed by atoms with van der Waals surface area (Å²) >= 11 is 0. The van der Waals surface area contributed by atoms with E-state index in [0.29, 0.717) is 18.0 Å². The van der Waals surface area contributed by atoms with E-state index in [-0.39, 0.29) is 56.6 Å². The van der Waals surface area contributed by atoms with E-state index in [4.69, 9.17) is 21.6 Å². The van der Waals surface area contributed by atoms with E-state index >= 15 is 4.39 Å². The third-order valence-electron chi connectivity index (χ3n) is 7.80. The monoisotopic (exact) mass is 608 g/mol. The number of nitrogens with one attached hydrogen (secondary N) is 1. The first-order chi connectivity index (χ1) is 21.1. The zero-order chi connectivity index (χ0) is 31.7. The number of hydrogen-bond donors (Lipinski definition) is 3. The topological polar surface area (TPSA) is 136 Å². The van der Waals surface area contributed by atoms with Gasteiger partial charge in [-0.25, -0.2) is 18.2 Å². The number of rotatable bonds is 6. The number of aromatic hydroxyl groups is 1. The number of aromatic nitrogens is 3. The Hall–Kier alpha value is -4.83. The van der Waals surface area contributed by atoms with E-state index in [9.17, 15) is 18.7 Å². The number of benzene rings is 2. The SMILES string of the molecule is C#Cc1c(F)ccc2cc(O)cc(-c3nc(OC)c4c(NC(C)C(N)=O)nc(OC)nc4c3F)c12.FC1CC2CCCN2C1. The molecule has 44 heavy (non-hydrogen) atoms. The molecule has 3 atom stereocenters. The Balaban J connectivity index is 0.000000361. The predicted octanol–water partition coefficient (Wildman–Crippen LogP) is 4.31. The standard InChI is InChI=1S/C24H19F2N5O4.C7H12FN/c1-5-13-15(25)7-6-11-8-12(32)9-14(16(11)13)19-18(26)20-17(23(29-19)34-3)22(28-10(2)21(27)33)31-24(30-20)35-4;8-6-4-7-2-1-3-9(7)5-6/h1,6-10,32H,2-4H3,(H2,27,33)(H,28,30,31);6-7H,1-5H2. The molecule has 0 saturated carbocycles. The molecule has 230 valence electrons. The molecule has 2 fully saturated rings. The lowest BCUT2D eigenvalue weighted by atomic mass is 9.95. The number of phenolic OH excluding ortho intramolecular Hbond substituents is 1. The summed E-state index contributed by atoms with van der Waals surface area (Å²) in [5.41, 5.74) is 4.64. The maximum Gasteiger partial charge on any atom is 0.318 e. The molecule has 10 nitrogen and oxygen atoms in total. The molecule has 0 aliphatic carbocycles. The summed E-state index contributed by atoms with van der Waals surface area (Å²) in [6.45, 7) is 3.35. The van der Waals surface area contributed by atoms with Crippen molar-refractivity contribution in [2.45, 2.75) is 44.4 Å².